The number of rotatable bonds is 7. The molecule has 0 aromatic carbocycles. The Labute approximate surface area is 294 Å². The Hall–Kier alpha value is -0.640. The van der Waals surface area contributed by atoms with Crippen LogP contribution >= 0.6 is 0 Å². The van der Waals surface area contributed by atoms with Crippen molar-refractivity contribution in [3.8, 4) is 0 Å². The number of hydrogen-bond acceptors (Lipinski definition) is 3. The van der Waals surface area contributed by atoms with Crippen molar-refractivity contribution in [3.63, 3.8) is 0 Å². The van der Waals surface area contributed by atoms with Gasteiger partial charge in [0, 0.05) is 24.7 Å². The molecule has 0 aromatic heterocycles. The van der Waals surface area contributed by atoms with E-state index < -0.39 is 0 Å². The highest BCUT2D eigenvalue weighted by atomic mass is 15.2. The lowest BCUT2D eigenvalue weighted by Gasteiger charge is -2.53. The molecule has 0 amide bonds. The Kier molecular flexibility index (Phi) is 13.8. The van der Waals surface area contributed by atoms with E-state index in [1.807, 2.05) is 0 Å². The fraction of sp³-hybridized carbons (Fsp3) is 0.909. The molecule has 272 valence electrons. The van der Waals surface area contributed by atoms with Gasteiger partial charge in [-0.3, -0.25) is 0 Å². The van der Waals surface area contributed by atoms with E-state index in [-0.39, 0.29) is 0 Å². The summed E-state index contributed by atoms with van der Waals surface area (Å²) in [4.78, 5) is 7.93. The summed E-state index contributed by atoms with van der Waals surface area (Å²) in [5.41, 5.74) is 5.63. The maximum atomic E-state index is 2.65. The number of piperidine rings is 2. The van der Waals surface area contributed by atoms with Gasteiger partial charge in [-0.2, -0.15) is 0 Å². The van der Waals surface area contributed by atoms with Gasteiger partial charge in [-0.15, -0.1) is 0 Å². The summed E-state index contributed by atoms with van der Waals surface area (Å²) >= 11 is 0. The minimum absolute atomic E-state index is 0.686. The lowest BCUT2D eigenvalue weighted by molar-refractivity contribution is -0.0269. The van der Waals surface area contributed by atoms with Gasteiger partial charge in [0.2, 0.25) is 0 Å². The van der Waals surface area contributed by atoms with Gasteiger partial charge in [0.25, 0.3) is 0 Å². The summed E-state index contributed by atoms with van der Waals surface area (Å²) < 4.78 is 0. The zero-order valence-corrected chi connectivity index (χ0v) is 33.8. The summed E-state index contributed by atoms with van der Waals surface area (Å²) in [7, 11) is 0. The van der Waals surface area contributed by atoms with E-state index in [4.69, 9.17) is 0 Å². The Balaban J connectivity index is 0.000000160. The first-order valence-corrected chi connectivity index (χ1v) is 20.6. The van der Waals surface area contributed by atoms with Gasteiger partial charge in [0.1, 0.15) is 0 Å². The molecule has 0 aromatic rings. The van der Waals surface area contributed by atoms with Crippen LogP contribution in [0.5, 0.6) is 0 Å². The monoisotopic (exact) mass is 652 g/mol. The maximum absolute atomic E-state index is 2.65. The van der Waals surface area contributed by atoms with Gasteiger partial charge >= 0.3 is 0 Å². The zero-order chi connectivity index (χ0) is 34.6. The van der Waals surface area contributed by atoms with Crippen molar-refractivity contribution < 1.29 is 0 Å². The van der Waals surface area contributed by atoms with Crippen molar-refractivity contribution in [2.45, 2.75) is 178 Å². The smallest absolute Gasteiger partial charge is 0.00473 e. The Morgan fingerprint density at radius 3 is 1.23 bits per heavy atom. The summed E-state index contributed by atoms with van der Waals surface area (Å²) in [5.74, 6) is 3.44. The molecule has 6 aliphatic rings. The van der Waals surface area contributed by atoms with Crippen molar-refractivity contribution in [2.75, 3.05) is 39.3 Å². The minimum atomic E-state index is 0.686. The first kappa shape index (κ1) is 39.2. The minimum Gasteiger partial charge on any atom is -0.301 e. The topological polar surface area (TPSA) is 9.72 Å². The molecule has 0 atom stereocenters. The average Bonchev–Trinajstić information content (AvgIpc) is 3.38. The molecule has 3 saturated heterocycles. The van der Waals surface area contributed by atoms with E-state index in [9.17, 15) is 0 Å². The molecular formula is C44H81N3. The summed E-state index contributed by atoms with van der Waals surface area (Å²) in [6, 6.07) is 2.23. The van der Waals surface area contributed by atoms with Gasteiger partial charge in [-0.05, 0) is 191 Å². The summed E-state index contributed by atoms with van der Waals surface area (Å²) in [6.07, 6.45) is 22.3. The van der Waals surface area contributed by atoms with Gasteiger partial charge in [-0.1, -0.05) is 64.8 Å². The molecule has 3 heteroatoms. The van der Waals surface area contributed by atoms with Crippen LogP contribution in [0, 0.1) is 39.9 Å². The van der Waals surface area contributed by atoms with Gasteiger partial charge in [-0.25, -0.2) is 0 Å². The molecule has 3 aliphatic carbocycles. The standard InChI is InChI=1S/C15H29N.C15H27N.C14H25N/c2*1-12(2)9-14-10-15(11-14)5-7-16(8-6-15)13(3)4;1-11(2)7-13-8-14(9-13)5-6-15(10-14)12(3)4/h12-14H,5-11H2,1-4H3;9,12-13H,5-8,10-11H2,1-4H3;7,11-12H,5-6,8-10H2,1-4H3. The predicted molar refractivity (Wildman–Crippen MR) is 207 cm³/mol. The Bertz CT molecular complexity index is 979. The van der Waals surface area contributed by atoms with Crippen LogP contribution in [0.15, 0.2) is 23.3 Å². The van der Waals surface area contributed by atoms with Crippen LogP contribution in [-0.2, 0) is 0 Å². The Morgan fingerprint density at radius 1 is 0.511 bits per heavy atom. The SMILES string of the molecule is CC(C)C=C1CC2(CCN(C(C)C)C2)C1.CC(C)C=C1CC2(CCN(C(C)C)CC2)C1.CC(C)CC1CC2(CCN(C(C)C)CC2)C1. The van der Waals surface area contributed by atoms with Crippen LogP contribution in [0.25, 0.3) is 0 Å². The van der Waals surface area contributed by atoms with Crippen molar-refractivity contribution in [1.29, 1.82) is 0 Å². The Morgan fingerprint density at radius 2 is 0.872 bits per heavy atom. The second kappa shape index (κ2) is 16.6. The number of hydrogen-bond donors (Lipinski definition) is 0. The molecule has 3 aliphatic heterocycles. The van der Waals surface area contributed by atoms with Crippen LogP contribution < -0.4 is 0 Å². The zero-order valence-electron chi connectivity index (χ0n) is 33.8. The molecule has 0 bridgehead atoms. The predicted octanol–water partition coefficient (Wildman–Crippen LogP) is 11.2. The highest BCUT2D eigenvalue weighted by Crippen LogP contribution is 2.55. The van der Waals surface area contributed by atoms with E-state index in [1.54, 1.807) is 11.1 Å². The lowest BCUT2D eigenvalue weighted by Crippen LogP contribution is -2.49. The van der Waals surface area contributed by atoms with E-state index in [0.29, 0.717) is 10.8 Å². The molecule has 3 spiro atoms. The lowest BCUT2D eigenvalue weighted by atomic mass is 9.56. The fourth-order valence-electron chi connectivity index (χ4n) is 10.5. The van der Waals surface area contributed by atoms with Gasteiger partial charge in [0.05, 0.1) is 0 Å². The highest BCUT2D eigenvalue weighted by molar-refractivity contribution is 5.22. The molecule has 3 heterocycles. The molecule has 6 fully saturated rings. The first-order valence-electron chi connectivity index (χ1n) is 20.6. The largest absolute Gasteiger partial charge is 0.301 e. The molecule has 3 nitrogen and oxygen atoms in total. The number of likely N-dealkylation sites (tertiary alicyclic amines) is 3. The van der Waals surface area contributed by atoms with Crippen LogP contribution in [-0.4, -0.2) is 72.1 Å². The molecule has 47 heavy (non-hydrogen) atoms. The van der Waals surface area contributed by atoms with Crippen LogP contribution in [0.3, 0.4) is 0 Å². The van der Waals surface area contributed by atoms with Crippen LogP contribution in [0.4, 0.5) is 0 Å². The number of nitrogens with zero attached hydrogens (tertiary/aromatic N) is 3. The average molecular weight is 652 g/mol. The second-order valence-electron chi connectivity index (χ2n) is 19.8. The third kappa shape index (κ3) is 10.9. The highest BCUT2D eigenvalue weighted by Gasteiger charge is 2.47. The molecule has 0 unspecified atom stereocenters. The second-order valence-corrected chi connectivity index (χ2v) is 19.8. The molecule has 0 N–H and O–H groups in total. The molecular weight excluding hydrogens is 571 g/mol. The number of allylic oxidation sites excluding steroid dienone is 4. The molecule has 3 saturated carbocycles. The molecule has 6 rings (SSSR count). The maximum Gasteiger partial charge on any atom is 0.00473 e. The third-order valence-corrected chi connectivity index (χ3v) is 13.2. The normalized spacial score (nSPS) is 26.9. The fourth-order valence-corrected chi connectivity index (χ4v) is 10.5. The quantitative estimate of drug-likeness (QED) is 0.254. The van der Waals surface area contributed by atoms with Gasteiger partial charge in [0.15, 0.2) is 0 Å². The van der Waals surface area contributed by atoms with E-state index in [2.05, 4.69) is 110 Å². The van der Waals surface area contributed by atoms with E-state index in [1.165, 1.54) is 116 Å². The van der Waals surface area contributed by atoms with Crippen molar-refractivity contribution >= 4 is 0 Å². The van der Waals surface area contributed by atoms with Gasteiger partial charge < -0.3 is 14.7 Å². The van der Waals surface area contributed by atoms with Crippen molar-refractivity contribution in [1.82, 2.24) is 14.7 Å². The third-order valence-electron chi connectivity index (χ3n) is 13.2. The van der Waals surface area contributed by atoms with Crippen LogP contribution in [0.1, 0.15) is 160 Å². The first-order chi connectivity index (χ1) is 22.0. The van der Waals surface area contributed by atoms with E-state index in [0.717, 1.165) is 47.2 Å². The molecule has 0 radical (unpaired) electrons. The summed E-state index contributed by atoms with van der Waals surface area (Å²) in [6.45, 7) is 35.9. The van der Waals surface area contributed by atoms with Crippen molar-refractivity contribution in [2.24, 2.45) is 39.9 Å². The van der Waals surface area contributed by atoms with E-state index >= 15 is 0 Å². The summed E-state index contributed by atoms with van der Waals surface area (Å²) in [5, 5.41) is 0. The van der Waals surface area contributed by atoms with Crippen molar-refractivity contribution in [3.05, 3.63) is 23.3 Å². The van der Waals surface area contributed by atoms with Crippen LogP contribution in [0.2, 0.25) is 0 Å².